The minimum atomic E-state index is 1.11. The van der Waals surface area contributed by atoms with E-state index in [0.29, 0.717) is 0 Å². The van der Waals surface area contributed by atoms with Crippen molar-refractivity contribution in [3.63, 3.8) is 0 Å². The van der Waals surface area contributed by atoms with Crippen LogP contribution in [0.3, 0.4) is 0 Å². The molecule has 0 aromatic heterocycles. The van der Waals surface area contributed by atoms with Crippen molar-refractivity contribution in [1.29, 1.82) is 0 Å². The molecule has 0 saturated carbocycles. The number of benzene rings is 1. The molecular weight excluding hydrogens is 242 g/mol. The van der Waals surface area contributed by atoms with Gasteiger partial charge in [0.1, 0.15) is 0 Å². The van der Waals surface area contributed by atoms with Crippen LogP contribution >= 0.6 is 0 Å². The first-order chi connectivity index (χ1) is 9.93. The van der Waals surface area contributed by atoms with Gasteiger partial charge in [0.25, 0.3) is 0 Å². The third kappa shape index (κ3) is 9.89. The molecule has 0 radical (unpaired) electrons. The van der Waals surface area contributed by atoms with Gasteiger partial charge in [-0.05, 0) is 18.6 Å². The number of anilines is 1. The Kier molecular flexibility index (Phi) is 11.1. The summed E-state index contributed by atoms with van der Waals surface area (Å²) in [6.45, 7) is 3.40. The summed E-state index contributed by atoms with van der Waals surface area (Å²) in [4.78, 5) is 0. The molecule has 0 atom stereocenters. The Morgan fingerprint density at radius 1 is 0.650 bits per heavy atom. The minimum Gasteiger partial charge on any atom is -0.385 e. The summed E-state index contributed by atoms with van der Waals surface area (Å²) in [5.74, 6) is 0. The van der Waals surface area contributed by atoms with E-state index in [1.54, 1.807) is 0 Å². The van der Waals surface area contributed by atoms with Crippen LogP contribution in [0.15, 0.2) is 30.3 Å². The van der Waals surface area contributed by atoms with Crippen LogP contribution in [-0.2, 0) is 0 Å². The summed E-state index contributed by atoms with van der Waals surface area (Å²) in [5.41, 5.74) is 1.25. The number of rotatable bonds is 13. The zero-order chi connectivity index (χ0) is 14.3. The normalized spacial score (nSPS) is 10.7. The summed E-state index contributed by atoms with van der Waals surface area (Å²) in [5, 5.41) is 3.48. The molecule has 0 fully saturated rings. The maximum atomic E-state index is 3.48. The summed E-state index contributed by atoms with van der Waals surface area (Å²) in [6, 6.07) is 10.5. The quantitative estimate of drug-likeness (QED) is 0.410. The fourth-order valence-electron chi connectivity index (χ4n) is 2.58. The third-order valence-corrected chi connectivity index (χ3v) is 3.88. The summed E-state index contributed by atoms with van der Waals surface area (Å²) in [6.07, 6.45) is 15.5. The Hall–Kier alpha value is -0.980. The molecule has 0 aliphatic rings. The highest BCUT2D eigenvalue weighted by molar-refractivity contribution is 5.42. The summed E-state index contributed by atoms with van der Waals surface area (Å²) in [7, 11) is 0. The van der Waals surface area contributed by atoms with Gasteiger partial charge in [-0.2, -0.15) is 0 Å². The summed E-state index contributed by atoms with van der Waals surface area (Å²) >= 11 is 0. The first-order valence-corrected chi connectivity index (χ1v) is 8.72. The van der Waals surface area contributed by atoms with E-state index in [9.17, 15) is 0 Å². The largest absolute Gasteiger partial charge is 0.385 e. The number of hydrogen-bond donors (Lipinski definition) is 1. The molecule has 0 spiro atoms. The van der Waals surface area contributed by atoms with Crippen molar-refractivity contribution in [3.05, 3.63) is 30.3 Å². The molecular formula is C19H33N. The molecule has 1 aromatic rings. The molecule has 0 amide bonds. The molecule has 0 heterocycles. The molecule has 0 unspecified atom stereocenters. The van der Waals surface area contributed by atoms with Crippen molar-refractivity contribution in [1.82, 2.24) is 0 Å². The van der Waals surface area contributed by atoms with Crippen molar-refractivity contribution >= 4 is 5.69 Å². The molecule has 1 N–H and O–H groups in total. The van der Waals surface area contributed by atoms with Crippen molar-refractivity contribution in [2.75, 3.05) is 11.9 Å². The van der Waals surface area contributed by atoms with Crippen LogP contribution in [0.4, 0.5) is 5.69 Å². The van der Waals surface area contributed by atoms with Gasteiger partial charge in [0, 0.05) is 12.2 Å². The minimum absolute atomic E-state index is 1.11. The Bertz CT molecular complexity index is 294. The number of hydrogen-bond acceptors (Lipinski definition) is 1. The maximum Gasteiger partial charge on any atom is 0.0340 e. The Morgan fingerprint density at radius 3 is 1.70 bits per heavy atom. The van der Waals surface area contributed by atoms with Crippen LogP contribution in [0, 0.1) is 0 Å². The van der Waals surface area contributed by atoms with Crippen LogP contribution in [0.2, 0.25) is 0 Å². The van der Waals surface area contributed by atoms with Crippen LogP contribution in [0.25, 0.3) is 0 Å². The van der Waals surface area contributed by atoms with Crippen molar-refractivity contribution in [2.24, 2.45) is 0 Å². The van der Waals surface area contributed by atoms with Gasteiger partial charge in [-0.15, -0.1) is 0 Å². The van der Waals surface area contributed by atoms with Gasteiger partial charge in [-0.1, -0.05) is 89.3 Å². The average Bonchev–Trinajstić information content (AvgIpc) is 2.49. The van der Waals surface area contributed by atoms with Gasteiger partial charge in [-0.25, -0.2) is 0 Å². The second-order valence-corrected chi connectivity index (χ2v) is 5.83. The second-order valence-electron chi connectivity index (χ2n) is 5.83. The van der Waals surface area contributed by atoms with Gasteiger partial charge in [0.05, 0.1) is 0 Å². The van der Waals surface area contributed by atoms with Crippen LogP contribution in [0.1, 0.15) is 77.6 Å². The monoisotopic (exact) mass is 275 g/mol. The molecule has 1 nitrogen and oxygen atoms in total. The lowest BCUT2D eigenvalue weighted by molar-refractivity contribution is 0.552. The number of para-hydroxylation sites is 1. The molecule has 1 aromatic carbocycles. The SMILES string of the molecule is CCCCCCCCCCCCCNc1ccccc1. The average molecular weight is 275 g/mol. The second kappa shape index (κ2) is 13.0. The van der Waals surface area contributed by atoms with Crippen molar-refractivity contribution < 1.29 is 0 Å². The highest BCUT2D eigenvalue weighted by atomic mass is 14.9. The highest BCUT2D eigenvalue weighted by Gasteiger charge is 1.93. The standard InChI is InChI=1S/C19H33N/c1-2-3-4-5-6-7-8-9-10-11-15-18-20-19-16-13-12-14-17-19/h12-14,16-17,20H,2-11,15,18H2,1H3. The molecule has 20 heavy (non-hydrogen) atoms. The van der Waals surface area contributed by atoms with Crippen LogP contribution < -0.4 is 5.32 Å². The van der Waals surface area contributed by atoms with E-state index in [2.05, 4.69) is 42.6 Å². The van der Waals surface area contributed by atoms with Gasteiger partial charge in [0.2, 0.25) is 0 Å². The molecule has 0 aliphatic heterocycles. The molecule has 114 valence electrons. The Balaban J connectivity index is 1.77. The van der Waals surface area contributed by atoms with E-state index in [1.807, 2.05) is 0 Å². The maximum absolute atomic E-state index is 3.48. The zero-order valence-corrected chi connectivity index (χ0v) is 13.4. The van der Waals surface area contributed by atoms with E-state index in [4.69, 9.17) is 0 Å². The molecule has 0 bridgehead atoms. The number of nitrogens with one attached hydrogen (secondary N) is 1. The van der Waals surface area contributed by atoms with E-state index in [-0.39, 0.29) is 0 Å². The van der Waals surface area contributed by atoms with Crippen molar-refractivity contribution in [3.8, 4) is 0 Å². The lowest BCUT2D eigenvalue weighted by Gasteiger charge is -2.06. The van der Waals surface area contributed by atoms with E-state index in [1.165, 1.54) is 76.3 Å². The third-order valence-electron chi connectivity index (χ3n) is 3.88. The fraction of sp³-hybridized carbons (Fsp3) is 0.684. The molecule has 1 heteroatoms. The fourth-order valence-corrected chi connectivity index (χ4v) is 2.58. The van der Waals surface area contributed by atoms with E-state index in [0.717, 1.165) is 6.54 Å². The molecule has 1 rings (SSSR count). The highest BCUT2D eigenvalue weighted by Crippen LogP contribution is 2.11. The van der Waals surface area contributed by atoms with Crippen LogP contribution in [-0.4, -0.2) is 6.54 Å². The van der Waals surface area contributed by atoms with Gasteiger partial charge in [-0.3, -0.25) is 0 Å². The molecule has 0 saturated heterocycles. The number of unbranched alkanes of at least 4 members (excludes halogenated alkanes) is 10. The first-order valence-electron chi connectivity index (χ1n) is 8.72. The van der Waals surface area contributed by atoms with Gasteiger partial charge < -0.3 is 5.32 Å². The smallest absolute Gasteiger partial charge is 0.0340 e. The Morgan fingerprint density at radius 2 is 1.15 bits per heavy atom. The predicted octanol–water partition coefficient (Wildman–Crippen LogP) is 6.41. The summed E-state index contributed by atoms with van der Waals surface area (Å²) < 4.78 is 0. The van der Waals surface area contributed by atoms with Crippen molar-refractivity contribution in [2.45, 2.75) is 77.6 Å². The lowest BCUT2D eigenvalue weighted by Crippen LogP contribution is -2.00. The topological polar surface area (TPSA) is 12.0 Å². The van der Waals surface area contributed by atoms with Gasteiger partial charge >= 0.3 is 0 Å². The first kappa shape index (κ1) is 17.1. The van der Waals surface area contributed by atoms with Crippen LogP contribution in [0.5, 0.6) is 0 Å². The predicted molar refractivity (Wildman–Crippen MR) is 91.4 cm³/mol. The Labute approximate surface area is 126 Å². The van der Waals surface area contributed by atoms with E-state index >= 15 is 0 Å². The molecule has 0 aliphatic carbocycles. The zero-order valence-electron chi connectivity index (χ0n) is 13.4. The van der Waals surface area contributed by atoms with Gasteiger partial charge in [0.15, 0.2) is 0 Å². The lowest BCUT2D eigenvalue weighted by atomic mass is 10.1. The van der Waals surface area contributed by atoms with E-state index < -0.39 is 0 Å².